The summed E-state index contributed by atoms with van der Waals surface area (Å²) in [6.07, 6.45) is 4.20. The highest BCUT2D eigenvalue weighted by atomic mass is 32.2. The smallest absolute Gasteiger partial charge is 0.316 e. The van der Waals surface area contributed by atoms with Crippen LogP contribution in [0.3, 0.4) is 0 Å². The predicted molar refractivity (Wildman–Crippen MR) is 91.2 cm³/mol. The number of carbonyl (C=O) groups excluding carboxylic acids is 1. The highest BCUT2D eigenvalue weighted by Crippen LogP contribution is 2.43. The zero-order valence-electron chi connectivity index (χ0n) is 13.9. The largest absolute Gasteiger partial charge is 0.337 e. The predicted octanol–water partition coefficient (Wildman–Crippen LogP) is 0.614. The van der Waals surface area contributed by atoms with Gasteiger partial charge in [-0.15, -0.1) is 0 Å². The van der Waals surface area contributed by atoms with Crippen molar-refractivity contribution in [2.75, 3.05) is 18.0 Å². The normalized spacial score (nSPS) is 27.9. The van der Waals surface area contributed by atoms with Crippen LogP contribution in [0.25, 0.3) is 0 Å². The molecule has 0 radical (unpaired) electrons. The summed E-state index contributed by atoms with van der Waals surface area (Å²) in [5.74, 6) is 1.97. The van der Waals surface area contributed by atoms with E-state index >= 15 is 0 Å². The maximum Gasteiger partial charge on any atom is 0.316 e. The van der Waals surface area contributed by atoms with Crippen LogP contribution in [0.15, 0.2) is 4.99 Å². The van der Waals surface area contributed by atoms with Gasteiger partial charge in [-0.3, -0.25) is 14.3 Å². The van der Waals surface area contributed by atoms with Gasteiger partial charge in [0.05, 0.1) is 0 Å². The minimum atomic E-state index is -4.78. The molecule has 0 aromatic carbocycles. The summed E-state index contributed by atoms with van der Waals surface area (Å²) in [5, 5.41) is 2.67. The topological polar surface area (TPSA) is 128 Å². The van der Waals surface area contributed by atoms with E-state index in [-0.39, 0.29) is 18.0 Å². The number of imidazole rings is 1. The Morgan fingerprint density at radius 1 is 1.40 bits per heavy atom. The Kier molecular flexibility index (Phi) is 3.66. The van der Waals surface area contributed by atoms with Crippen LogP contribution in [0.2, 0.25) is 0 Å². The number of H-pyrrole nitrogens is 1. The Bertz CT molecular complexity index is 840. The van der Waals surface area contributed by atoms with Crippen molar-refractivity contribution >= 4 is 28.1 Å². The van der Waals surface area contributed by atoms with Crippen molar-refractivity contribution in [3.05, 3.63) is 11.5 Å². The quantitative estimate of drug-likeness (QED) is 0.496. The lowest BCUT2D eigenvalue weighted by atomic mass is 10.2. The lowest BCUT2D eigenvalue weighted by Crippen LogP contribution is -2.70. The molecule has 1 unspecified atom stereocenters. The SMILES string of the molecule is CCN=C1NC(C=O)(S(=O)(=O)O)N(CC2CC2)c2nc(C3CC3)[nH]c21. The third-order valence-corrected chi connectivity index (χ3v) is 6.07. The zero-order valence-corrected chi connectivity index (χ0v) is 14.7. The third-order valence-electron chi connectivity index (χ3n) is 4.86. The van der Waals surface area contributed by atoms with Crippen molar-refractivity contribution < 1.29 is 17.8 Å². The first-order chi connectivity index (χ1) is 11.9. The van der Waals surface area contributed by atoms with E-state index in [2.05, 4.69) is 20.3 Å². The minimum Gasteiger partial charge on any atom is -0.337 e. The lowest BCUT2D eigenvalue weighted by molar-refractivity contribution is -0.110. The molecule has 2 fully saturated rings. The second kappa shape index (κ2) is 5.53. The van der Waals surface area contributed by atoms with E-state index in [9.17, 15) is 17.8 Å². The number of aldehydes is 1. The number of rotatable bonds is 6. The fraction of sp³-hybridized carbons (Fsp3) is 0.667. The summed E-state index contributed by atoms with van der Waals surface area (Å²) in [7, 11) is -4.78. The summed E-state index contributed by atoms with van der Waals surface area (Å²) >= 11 is 0. The molecule has 0 saturated heterocycles. The number of aromatic amines is 1. The number of anilines is 1. The molecule has 1 aliphatic heterocycles. The van der Waals surface area contributed by atoms with Crippen LogP contribution >= 0.6 is 0 Å². The molecule has 0 bridgehead atoms. The Labute approximate surface area is 145 Å². The molecular formula is C15H21N5O4S. The molecule has 10 heteroatoms. The Morgan fingerprint density at radius 2 is 2.12 bits per heavy atom. The molecule has 9 nitrogen and oxygen atoms in total. The van der Waals surface area contributed by atoms with Crippen LogP contribution in [-0.2, 0) is 14.9 Å². The summed E-state index contributed by atoms with van der Waals surface area (Å²) < 4.78 is 34.3. The number of hydrogen-bond donors (Lipinski definition) is 3. The fourth-order valence-electron chi connectivity index (χ4n) is 3.16. The first-order valence-corrected chi connectivity index (χ1v) is 9.97. The monoisotopic (exact) mass is 367 g/mol. The molecule has 25 heavy (non-hydrogen) atoms. The molecule has 136 valence electrons. The number of hydrogen-bond acceptors (Lipinski definition) is 6. The van der Waals surface area contributed by atoms with Crippen LogP contribution in [0.1, 0.15) is 50.0 Å². The second-order valence-electron chi connectivity index (χ2n) is 6.89. The van der Waals surface area contributed by atoms with Gasteiger partial charge in [0.1, 0.15) is 11.5 Å². The fourth-order valence-corrected chi connectivity index (χ4v) is 3.95. The average molecular weight is 367 g/mol. The van der Waals surface area contributed by atoms with Gasteiger partial charge in [0.25, 0.3) is 4.99 Å². The molecule has 2 saturated carbocycles. The van der Waals surface area contributed by atoms with E-state index in [0.29, 0.717) is 30.5 Å². The van der Waals surface area contributed by atoms with Gasteiger partial charge in [0.15, 0.2) is 17.9 Å². The molecule has 1 aromatic heterocycles. The Hall–Kier alpha value is -1.94. The van der Waals surface area contributed by atoms with Crippen LogP contribution < -0.4 is 10.2 Å². The lowest BCUT2D eigenvalue weighted by Gasteiger charge is -2.42. The Morgan fingerprint density at radius 3 is 2.64 bits per heavy atom. The third kappa shape index (κ3) is 2.63. The highest BCUT2D eigenvalue weighted by molar-refractivity contribution is 7.88. The van der Waals surface area contributed by atoms with Crippen molar-refractivity contribution in [3.8, 4) is 0 Å². The maximum atomic E-state index is 12.2. The number of amidine groups is 1. The van der Waals surface area contributed by atoms with Gasteiger partial charge >= 0.3 is 10.1 Å². The average Bonchev–Trinajstić information content (AvgIpc) is 3.47. The van der Waals surface area contributed by atoms with Crippen molar-refractivity contribution in [1.29, 1.82) is 0 Å². The molecule has 1 atom stereocenters. The van der Waals surface area contributed by atoms with Crippen molar-refractivity contribution in [3.63, 3.8) is 0 Å². The van der Waals surface area contributed by atoms with Gasteiger partial charge in [-0.2, -0.15) is 8.42 Å². The molecule has 4 rings (SSSR count). The number of carbonyl (C=O) groups is 1. The van der Waals surface area contributed by atoms with Gasteiger partial charge in [-0.1, -0.05) is 0 Å². The van der Waals surface area contributed by atoms with E-state index in [1.54, 1.807) is 6.92 Å². The molecule has 1 aromatic rings. The molecule has 0 spiro atoms. The van der Waals surface area contributed by atoms with Gasteiger partial charge < -0.3 is 15.2 Å². The summed E-state index contributed by atoms with van der Waals surface area (Å²) in [4.78, 5) is 23.1. The number of aromatic nitrogens is 2. The molecule has 3 aliphatic rings. The summed E-state index contributed by atoms with van der Waals surface area (Å²) in [6.45, 7) is 2.52. The van der Waals surface area contributed by atoms with Crippen LogP contribution in [0, 0.1) is 5.92 Å². The van der Waals surface area contributed by atoms with Crippen molar-refractivity contribution in [2.45, 2.75) is 43.5 Å². The summed E-state index contributed by atoms with van der Waals surface area (Å²) in [6, 6.07) is 0. The second-order valence-corrected chi connectivity index (χ2v) is 8.46. The van der Waals surface area contributed by atoms with Crippen LogP contribution in [-0.4, -0.2) is 53.1 Å². The van der Waals surface area contributed by atoms with Gasteiger partial charge in [-0.25, -0.2) is 4.98 Å². The number of nitrogens with one attached hydrogen (secondary N) is 2. The van der Waals surface area contributed by atoms with Crippen molar-refractivity contribution in [2.24, 2.45) is 10.9 Å². The minimum absolute atomic E-state index is 0.226. The van der Waals surface area contributed by atoms with Crippen molar-refractivity contribution in [1.82, 2.24) is 15.3 Å². The number of aliphatic imine (C=N–C) groups is 1. The van der Waals surface area contributed by atoms with Gasteiger partial charge in [0.2, 0.25) is 0 Å². The zero-order chi connectivity index (χ0) is 17.8. The first kappa shape index (κ1) is 16.5. The van der Waals surface area contributed by atoms with E-state index in [0.717, 1.165) is 31.5 Å². The molecule has 3 N–H and O–H groups in total. The van der Waals surface area contributed by atoms with E-state index in [1.807, 2.05) is 0 Å². The number of nitrogens with zero attached hydrogens (tertiary/aromatic N) is 3. The molecule has 2 aliphatic carbocycles. The van der Waals surface area contributed by atoms with Gasteiger partial charge in [0, 0.05) is 19.0 Å². The van der Waals surface area contributed by atoms with E-state index < -0.39 is 15.1 Å². The summed E-state index contributed by atoms with van der Waals surface area (Å²) in [5.41, 5.74) is 0.575. The molecular weight excluding hydrogens is 346 g/mol. The van der Waals surface area contributed by atoms with Crippen LogP contribution in [0.4, 0.5) is 5.82 Å². The van der Waals surface area contributed by atoms with E-state index in [1.165, 1.54) is 4.90 Å². The molecule has 2 heterocycles. The highest BCUT2D eigenvalue weighted by Gasteiger charge is 2.56. The van der Waals surface area contributed by atoms with Gasteiger partial charge in [-0.05, 0) is 38.5 Å². The number of fused-ring (bicyclic) bond motifs is 1. The molecule has 0 amide bonds. The Balaban J connectivity index is 1.90. The first-order valence-electron chi connectivity index (χ1n) is 8.53. The maximum absolute atomic E-state index is 12.2. The standard InChI is InChI=1S/C15H21N5O4S/c1-2-16-13-11-14(18-12(17-11)10-5-6-10)20(7-9-3-4-9)15(8-21,19-13)25(22,23)24/h8-10H,2-7H2,1H3,(H,16,19)(H,17,18)(H,22,23,24). The van der Waals surface area contributed by atoms with Crippen LogP contribution in [0.5, 0.6) is 0 Å². The van der Waals surface area contributed by atoms with E-state index in [4.69, 9.17) is 0 Å².